The second-order valence-electron chi connectivity index (χ2n) is 7.89. The van der Waals surface area contributed by atoms with Crippen molar-refractivity contribution < 1.29 is 48.8 Å². The Labute approximate surface area is 171 Å². The predicted octanol–water partition coefficient (Wildman–Crippen LogP) is -0.501. The van der Waals surface area contributed by atoms with Gasteiger partial charge in [0.1, 0.15) is 36.6 Å². The smallest absolute Gasteiger partial charge is 0.184 e. The van der Waals surface area contributed by atoms with Crippen molar-refractivity contribution in [3.63, 3.8) is 0 Å². The highest BCUT2D eigenvalue weighted by atomic mass is 16.8. The second-order valence-corrected chi connectivity index (χ2v) is 7.89. The summed E-state index contributed by atoms with van der Waals surface area (Å²) in [7, 11) is 3.06. The molecule has 0 aromatic carbocycles. The van der Waals surface area contributed by atoms with Crippen LogP contribution in [-0.2, 0) is 28.4 Å². The topological polar surface area (TPSA) is 136 Å². The van der Waals surface area contributed by atoms with Gasteiger partial charge in [0.2, 0.25) is 0 Å². The number of hydrogen-bond donors (Lipinski definition) is 4. The van der Waals surface area contributed by atoms with Crippen LogP contribution < -0.4 is 0 Å². The monoisotopic (exact) mass is 424 g/mol. The highest BCUT2D eigenvalue weighted by molar-refractivity contribution is 4.96. The summed E-state index contributed by atoms with van der Waals surface area (Å²) in [4.78, 5) is 0. The molecule has 0 saturated carbocycles. The van der Waals surface area contributed by atoms with Gasteiger partial charge in [-0.1, -0.05) is 13.8 Å². The van der Waals surface area contributed by atoms with Crippen LogP contribution in [0.15, 0.2) is 0 Å². The van der Waals surface area contributed by atoms with Gasteiger partial charge in [-0.25, -0.2) is 0 Å². The van der Waals surface area contributed by atoms with Crippen LogP contribution in [0.3, 0.4) is 0 Å². The van der Waals surface area contributed by atoms with Crippen LogP contribution in [0.1, 0.15) is 40.5 Å². The molecular weight excluding hydrogens is 388 g/mol. The van der Waals surface area contributed by atoms with Gasteiger partial charge >= 0.3 is 0 Å². The van der Waals surface area contributed by atoms with Crippen molar-refractivity contribution in [2.45, 2.75) is 108 Å². The zero-order valence-corrected chi connectivity index (χ0v) is 17.9. The predicted molar refractivity (Wildman–Crippen MR) is 99.8 cm³/mol. The molecule has 172 valence electrons. The Balaban J connectivity index is 0.000000212. The molecule has 3 saturated heterocycles. The Morgan fingerprint density at radius 2 is 1.21 bits per heavy atom. The minimum absolute atomic E-state index is 0.154. The molecule has 0 aromatic heterocycles. The van der Waals surface area contributed by atoms with Crippen molar-refractivity contribution in [3.8, 4) is 0 Å². The summed E-state index contributed by atoms with van der Waals surface area (Å²) in [5, 5.41) is 37.8. The molecule has 10 atom stereocenters. The average molecular weight is 424 g/mol. The molecule has 4 N–H and O–H groups in total. The summed E-state index contributed by atoms with van der Waals surface area (Å²) in [6, 6.07) is 0. The zero-order chi connectivity index (χ0) is 21.9. The number of rotatable bonds is 4. The maximum Gasteiger partial charge on any atom is 0.184 e. The van der Waals surface area contributed by atoms with Gasteiger partial charge < -0.3 is 48.8 Å². The van der Waals surface area contributed by atoms with Gasteiger partial charge in [0.15, 0.2) is 18.4 Å². The van der Waals surface area contributed by atoms with E-state index in [2.05, 4.69) is 0 Å². The fourth-order valence-electron chi connectivity index (χ4n) is 3.99. The van der Waals surface area contributed by atoms with Crippen molar-refractivity contribution >= 4 is 0 Å². The Kier molecular flexibility index (Phi) is 8.81. The maximum absolute atomic E-state index is 9.84. The Morgan fingerprint density at radius 1 is 0.724 bits per heavy atom. The molecule has 0 radical (unpaired) electrons. The van der Waals surface area contributed by atoms with Gasteiger partial charge in [0.25, 0.3) is 0 Å². The number of ether oxygens (including phenoxy) is 6. The molecule has 0 aromatic rings. The summed E-state index contributed by atoms with van der Waals surface area (Å²) in [6.07, 6.45) is -5.33. The van der Waals surface area contributed by atoms with Crippen molar-refractivity contribution in [1.82, 2.24) is 0 Å². The molecule has 3 heterocycles. The fourth-order valence-corrected chi connectivity index (χ4v) is 3.99. The van der Waals surface area contributed by atoms with E-state index in [1.165, 1.54) is 7.11 Å². The molecule has 0 bridgehead atoms. The SMILES string of the molecule is CC[C@@H]1OC(O)C(O)C(O)C1OC.CC[C@@H]1OC(O)C2OC(C)(C)OC2C1OC. The van der Waals surface area contributed by atoms with Crippen molar-refractivity contribution in [2.75, 3.05) is 14.2 Å². The normalized spacial score (nSPS) is 46.6. The Bertz CT molecular complexity index is 501. The van der Waals surface area contributed by atoms with Crippen molar-refractivity contribution in [3.05, 3.63) is 0 Å². The summed E-state index contributed by atoms with van der Waals surface area (Å²) in [5.74, 6) is -0.695. The van der Waals surface area contributed by atoms with Crippen LogP contribution in [0, 0.1) is 0 Å². The number of fused-ring (bicyclic) bond motifs is 1. The van der Waals surface area contributed by atoms with E-state index in [-0.39, 0.29) is 24.4 Å². The quantitative estimate of drug-likeness (QED) is 0.467. The lowest BCUT2D eigenvalue weighted by Gasteiger charge is -2.39. The van der Waals surface area contributed by atoms with Crippen LogP contribution in [0.2, 0.25) is 0 Å². The van der Waals surface area contributed by atoms with Crippen molar-refractivity contribution in [2.24, 2.45) is 0 Å². The minimum atomic E-state index is -1.33. The summed E-state index contributed by atoms with van der Waals surface area (Å²) < 4.78 is 32.3. The van der Waals surface area contributed by atoms with E-state index in [1.54, 1.807) is 7.11 Å². The lowest BCUT2D eigenvalue weighted by atomic mass is 9.97. The lowest BCUT2D eigenvalue weighted by Crippen LogP contribution is -2.57. The number of methoxy groups -OCH3 is 2. The number of aliphatic hydroxyl groups excluding tert-OH is 4. The third kappa shape index (κ3) is 5.45. The molecule has 0 amide bonds. The van der Waals surface area contributed by atoms with Crippen LogP contribution in [0.5, 0.6) is 0 Å². The summed E-state index contributed by atoms with van der Waals surface area (Å²) >= 11 is 0. The molecule has 0 spiro atoms. The second kappa shape index (κ2) is 10.3. The molecule has 3 aliphatic rings. The molecule has 3 rings (SSSR count). The zero-order valence-electron chi connectivity index (χ0n) is 17.9. The van der Waals surface area contributed by atoms with E-state index < -0.39 is 42.8 Å². The summed E-state index contributed by atoms with van der Waals surface area (Å²) in [5.41, 5.74) is 0. The molecule has 3 aliphatic heterocycles. The number of hydrogen-bond acceptors (Lipinski definition) is 10. The van der Waals surface area contributed by atoms with Crippen molar-refractivity contribution in [1.29, 1.82) is 0 Å². The number of aliphatic hydroxyl groups is 4. The van der Waals surface area contributed by atoms with Crippen LogP contribution in [0.4, 0.5) is 0 Å². The standard InChI is InChI=1S/C11H20O5.C8H16O5/c1-5-6-7(13-4)8-9(10(12)14-6)16-11(2,3)15-8;1-3-4-7(12-2)5(9)6(10)8(11)13-4/h6-10,12H,5H2,1-4H3;4-11H,3H2,1-2H3/t6-,7?,8?,9?,10?;4-,5?,6?,7?,8?/m00/s1. The minimum Gasteiger partial charge on any atom is -0.387 e. The van der Waals surface area contributed by atoms with Crippen LogP contribution >= 0.6 is 0 Å². The van der Waals surface area contributed by atoms with E-state index >= 15 is 0 Å². The molecule has 10 heteroatoms. The maximum atomic E-state index is 9.84. The third-order valence-electron chi connectivity index (χ3n) is 5.46. The first-order chi connectivity index (χ1) is 13.6. The van der Waals surface area contributed by atoms with E-state index in [1.807, 2.05) is 27.7 Å². The van der Waals surface area contributed by atoms with Gasteiger partial charge in [0, 0.05) is 14.2 Å². The molecule has 8 unspecified atom stereocenters. The van der Waals surface area contributed by atoms with Gasteiger partial charge in [-0.2, -0.15) is 0 Å². The van der Waals surface area contributed by atoms with Gasteiger partial charge in [0.05, 0.1) is 12.2 Å². The molecule has 10 nitrogen and oxygen atoms in total. The fraction of sp³-hybridized carbons (Fsp3) is 1.00. The highest BCUT2D eigenvalue weighted by Crippen LogP contribution is 2.38. The average Bonchev–Trinajstić information content (AvgIpc) is 3.01. The largest absolute Gasteiger partial charge is 0.387 e. The van der Waals surface area contributed by atoms with Gasteiger partial charge in [-0.15, -0.1) is 0 Å². The Morgan fingerprint density at radius 3 is 1.72 bits per heavy atom. The molecule has 3 fully saturated rings. The summed E-state index contributed by atoms with van der Waals surface area (Å²) in [6.45, 7) is 7.50. The lowest BCUT2D eigenvalue weighted by molar-refractivity contribution is -0.285. The molecule has 0 aliphatic carbocycles. The Hall–Kier alpha value is -0.400. The van der Waals surface area contributed by atoms with Gasteiger partial charge in [-0.3, -0.25) is 0 Å². The van der Waals surface area contributed by atoms with Crippen LogP contribution in [-0.4, -0.2) is 102 Å². The molecular formula is C19H36O10. The van der Waals surface area contributed by atoms with E-state index in [0.717, 1.165) is 6.42 Å². The highest BCUT2D eigenvalue weighted by Gasteiger charge is 2.54. The third-order valence-corrected chi connectivity index (χ3v) is 5.46. The van der Waals surface area contributed by atoms with Gasteiger partial charge in [-0.05, 0) is 26.7 Å². The van der Waals surface area contributed by atoms with E-state index in [4.69, 9.17) is 28.4 Å². The molecule has 29 heavy (non-hydrogen) atoms. The van der Waals surface area contributed by atoms with Crippen LogP contribution in [0.25, 0.3) is 0 Å². The first-order valence-electron chi connectivity index (χ1n) is 10.0. The van der Waals surface area contributed by atoms with E-state index in [0.29, 0.717) is 6.42 Å². The first kappa shape index (κ1) is 24.9. The van der Waals surface area contributed by atoms with E-state index in [9.17, 15) is 20.4 Å². The first-order valence-corrected chi connectivity index (χ1v) is 10.0.